The summed E-state index contributed by atoms with van der Waals surface area (Å²) >= 11 is 6.34. The van der Waals surface area contributed by atoms with Gasteiger partial charge in [-0.1, -0.05) is 48.0 Å². The number of hydrogen-bond acceptors (Lipinski definition) is 3. The smallest absolute Gasteiger partial charge is 0.134 e. The van der Waals surface area contributed by atoms with Crippen LogP contribution in [0.4, 0.5) is 0 Å². The molecule has 2 aromatic carbocycles. The minimum atomic E-state index is 0.555. The van der Waals surface area contributed by atoms with Gasteiger partial charge in [0, 0.05) is 29.6 Å². The third kappa shape index (κ3) is 3.46. The lowest BCUT2D eigenvalue weighted by atomic mass is 10.1. The molecule has 3 nitrogen and oxygen atoms in total. The Kier molecular flexibility index (Phi) is 4.79. The van der Waals surface area contributed by atoms with Gasteiger partial charge in [-0.3, -0.25) is 0 Å². The van der Waals surface area contributed by atoms with E-state index in [9.17, 15) is 0 Å². The molecule has 0 saturated carbocycles. The maximum Gasteiger partial charge on any atom is 0.134 e. The highest BCUT2D eigenvalue weighted by Gasteiger charge is 2.07. The van der Waals surface area contributed by atoms with Crippen LogP contribution in [0.2, 0.25) is 5.15 Å². The van der Waals surface area contributed by atoms with Crippen molar-refractivity contribution in [2.45, 2.75) is 20.0 Å². The quantitative estimate of drug-likeness (QED) is 0.701. The highest BCUT2D eigenvalue weighted by Crippen LogP contribution is 2.23. The number of fused-ring (bicyclic) bond motifs is 1. The van der Waals surface area contributed by atoms with E-state index in [1.165, 1.54) is 0 Å². The Balaban J connectivity index is 1.76. The number of nitrogens with one attached hydrogen (secondary N) is 1. The number of benzene rings is 2. The average Bonchev–Trinajstić information content (AvgIpc) is 2.57. The fourth-order valence-electron chi connectivity index (χ4n) is 2.67. The summed E-state index contributed by atoms with van der Waals surface area (Å²) in [7, 11) is 1.69. The summed E-state index contributed by atoms with van der Waals surface area (Å²) in [5, 5.41) is 5.08. The molecular formula is C19H19ClN2O. The topological polar surface area (TPSA) is 34.1 Å². The molecule has 0 fully saturated rings. The van der Waals surface area contributed by atoms with E-state index in [1.54, 1.807) is 7.11 Å². The van der Waals surface area contributed by atoms with E-state index >= 15 is 0 Å². The monoisotopic (exact) mass is 326 g/mol. The number of nitrogens with zero attached hydrogens (tertiary/aromatic N) is 1. The van der Waals surface area contributed by atoms with Crippen LogP contribution < -0.4 is 10.1 Å². The molecule has 23 heavy (non-hydrogen) atoms. The van der Waals surface area contributed by atoms with Crippen LogP contribution in [-0.2, 0) is 13.1 Å². The SMILES string of the molecule is COc1ccccc1CNCc1cc2cccc(C)c2nc1Cl. The number of para-hydroxylation sites is 2. The van der Waals surface area contributed by atoms with E-state index in [0.717, 1.165) is 33.3 Å². The Labute approximate surface area is 141 Å². The first-order chi connectivity index (χ1) is 11.2. The Morgan fingerprint density at radius 1 is 1.04 bits per heavy atom. The molecule has 0 amide bonds. The highest BCUT2D eigenvalue weighted by atomic mass is 35.5. The Bertz CT molecular complexity index is 833. The molecule has 1 aromatic heterocycles. The first-order valence-corrected chi connectivity index (χ1v) is 7.94. The van der Waals surface area contributed by atoms with Gasteiger partial charge >= 0.3 is 0 Å². The van der Waals surface area contributed by atoms with Crippen LogP contribution in [-0.4, -0.2) is 12.1 Å². The van der Waals surface area contributed by atoms with Gasteiger partial charge in [0.25, 0.3) is 0 Å². The molecule has 118 valence electrons. The van der Waals surface area contributed by atoms with Crippen LogP contribution in [0.25, 0.3) is 10.9 Å². The predicted molar refractivity (Wildman–Crippen MR) is 95.0 cm³/mol. The molecule has 3 rings (SSSR count). The fourth-order valence-corrected chi connectivity index (χ4v) is 2.88. The van der Waals surface area contributed by atoms with E-state index in [-0.39, 0.29) is 0 Å². The number of aromatic nitrogens is 1. The lowest BCUT2D eigenvalue weighted by Gasteiger charge is -2.11. The number of aryl methyl sites for hydroxylation is 1. The molecule has 0 aliphatic rings. The van der Waals surface area contributed by atoms with E-state index in [2.05, 4.69) is 28.5 Å². The van der Waals surface area contributed by atoms with Gasteiger partial charge in [0.1, 0.15) is 10.9 Å². The largest absolute Gasteiger partial charge is 0.496 e. The van der Waals surface area contributed by atoms with Crippen molar-refractivity contribution in [2.75, 3.05) is 7.11 Å². The summed E-state index contributed by atoms with van der Waals surface area (Å²) in [5.41, 5.74) is 4.22. The van der Waals surface area contributed by atoms with Crippen molar-refractivity contribution in [3.63, 3.8) is 0 Å². The summed E-state index contributed by atoms with van der Waals surface area (Å²) < 4.78 is 5.36. The maximum atomic E-state index is 6.34. The van der Waals surface area contributed by atoms with Crippen LogP contribution >= 0.6 is 11.6 Å². The van der Waals surface area contributed by atoms with E-state index in [1.807, 2.05) is 37.3 Å². The van der Waals surface area contributed by atoms with Crippen LogP contribution in [0.5, 0.6) is 5.75 Å². The summed E-state index contributed by atoms with van der Waals surface area (Å²) in [4.78, 5) is 4.54. The molecule has 3 aromatic rings. The molecule has 0 atom stereocenters. The maximum absolute atomic E-state index is 6.34. The average molecular weight is 327 g/mol. The predicted octanol–water partition coefficient (Wildman–Crippen LogP) is 4.50. The van der Waals surface area contributed by atoms with Gasteiger partial charge in [0.15, 0.2) is 0 Å². The number of rotatable bonds is 5. The number of methoxy groups -OCH3 is 1. The van der Waals surface area contributed by atoms with Gasteiger partial charge in [-0.05, 0) is 24.6 Å². The van der Waals surface area contributed by atoms with Crippen molar-refractivity contribution in [1.29, 1.82) is 0 Å². The van der Waals surface area contributed by atoms with Gasteiger partial charge in [0.2, 0.25) is 0 Å². The molecule has 0 aliphatic carbocycles. The fraction of sp³-hybridized carbons (Fsp3) is 0.211. The lowest BCUT2D eigenvalue weighted by molar-refractivity contribution is 0.407. The zero-order valence-corrected chi connectivity index (χ0v) is 14.0. The first-order valence-electron chi connectivity index (χ1n) is 7.56. The minimum Gasteiger partial charge on any atom is -0.496 e. The third-order valence-corrected chi connectivity index (χ3v) is 4.22. The molecule has 4 heteroatoms. The van der Waals surface area contributed by atoms with Crippen molar-refractivity contribution in [2.24, 2.45) is 0 Å². The van der Waals surface area contributed by atoms with Gasteiger partial charge < -0.3 is 10.1 Å². The molecule has 0 radical (unpaired) electrons. The van der Waals surface area contributed by atoms with Gasteiger partial charge in [-0.25, -0.2) is 4.98 Å². The standard InChI is InChI=1S/C19H19ClN2O/c1-13-6-5-8-14-10-16(19(20)22-18(13)14)12-21-11-15-7-3-4-9-17(15)23-2/h3-10,21H,11-12H2,1-2H3. The molecule has 1 heterocycles. The van der Waals surface area contributed by atoms with Crippen molar-refractivity contribution in [3.05, 3.63) is 70.4 Å². The number of hydrogen-bond donors (Lipinski definition) is 1. The highest BCUT2D eigenvalue weighted by molar-refractivity contribution is 6.30. The zero-order valence-electron chi connectivity index (χ0n) is 13.3. The van der Waals surface area contributed by atoms with Crippen LogP contribution in [0.1, 0.15) is 16.7 Å². The Morgan fingerprint density at radius 2 is 1.83 bits per heavy atom. The second kappa shape index (κ2) is 6.99. The summed E-state index contributed by atoms with van der Waals surface area (Å²) in [5.74, 6) is 0.887. The van der Waals surface area contributed by atoms with Gasteiger partial charge in [-0.2, -0.15) is 0 Å². The van der Waals surface area contributed by atoms with Gasteiger partial charge in [0.05, 0.1) is 12.6 Å². The van der Waals surface area contributed by atoms with Crippen LogP contribution in [0.15, 0.2) is 48.5 Å². The summed E-state index contributed by atoms with van der Waals surface area (Å²) in [6.45, 7) is 3.42. The summed E-state index contributed by atoms with van der Waals surface area (Å²) in [6.07, 6.45) is 0. The number of pyridine rings is 1. The van der Waals surface area contributed by atoms with E-state index in [0.29, 0.717) is 18.2 Å². The zero-order chi connectivity index (χ0) is 16.2. The molecular weight excluding hydrogens is 308 g/mol. The Morgan fingerprint density at radius 3 is 2.65 bits per heavy atom. The summed E-state index contributed by atoms with van der Waals surface area (Å²) in [6, 6.07) is 16.2. The minimum absolute atomic E-state index is 0.555. The van der Waals surface area contributed by atoms with Gasteiger partial charge in [-0.15, -0.1) is 0 Å². The molecule has 0 unspecified atom stereocenters. The van der Waals surface area contributed by atoms with Crippen molar-refractivity contribution in [3.8, 4) is 5.75 Å². The lowest BCUT2D eigenvalue weighted by Crippen LogP contribution is -2.14. The van der Waals surface area contributed by atoms with Crippen molar-refractivity contribution >= 4 is 22.5 Å². The van der Waals surface area contributed by atoms with E-state index in [4.69, 9.17) is 16.3 Å². The van der Waals surface area contributed by atoms with E-state index < -0.39 is 0 Å². The molecule has 1 N–H and O–H groups in total. The van der Waals surface area contributed by atoms with Crippen LogP contribution in [0.3, 0.4) is 0 Å². The Hall–Kier alpha value is -2.10. The second-order valence-corrected chi connectivity index (χ2v) is 5.86. The molecule has 0 bridgehead atoms. The molecule has 0 aliphatic heterocycles. The molecule has 0 saturated heterocycles. The van der Waals surface area contributed by atoms with Crippen LogP contribution in [0, 0.1) is 6.92 Å². The number of halogens is 1. The molecule has 0 spiro atoms. The van der Waals surface area contributed by atoms with Crippen molar-refractivity contribution in [1.82, 2.24) is 10.3 Å². The van der Waals surface area contributed by atoms with Crippen molar-refractivity contribution < 1.29 is 4.74 Å². The number of ether oxygens (including phenoxy) is 1. The normalized spacial score (nSPS) is 10.9. The first kappa shape index (κ1) is 15.8. The second-order valence-electron chi connectivity index (χ2n) is 5.50. The third-order valence-electron chi connectivity index (χ3n) is 3.90.